The van der Waals surface area contributed by atoms with Crippen LogP contribution in [0.25, 0.3) is 0 Å². The number of imidazole rings is 1. The first kappa shape index (κ1) is 35.0. The molecule has 0 spiro atoms. The van der Waals surface area contributed by atoms with Gasteiger partial charge in [0.15, 0.2) is 5.60 Å². The number of ether oxygens (including phenoxy) is 1. The van der Waals surface area contributed by atoms with E-state index in [4.69, 9.17) is 38.7 Å². The lowest BCUT2D eigenvalue weighted by atomic mass is 9.76. The number of benzene rings is 6. The van der Waals surface area contributed by atoms with Crippen molar-refractivity contribution in [2.24, 2.45) is 5.73 Å². The number of halogens is 2. The number of aromatic nitrogens is 2. The van der Waals surface area contributed by atoms with Gasteiger partial charge in [-0.1, -0.05) is 174 Å². The van der Waals surface area contributed by atoms with Gasteiger partial charge in [0, 0.05) is 39.4 Å². The lowest BCUT2D eigenvalue weighted by Crippen LogP contribution is -2.43. The molecule has 0 aliphatic heterocycles. The highest BCUT2D eigenvalue weighted by molar-refractivity contribution is 6.31. The molecule has 1 heterocycles. The number of nitrogens with two attached hydrogens (primary N) is 1. The highest BCUT2D eigenvalue weighted by Crippen LogP contribution is 2.44. The highest BCUT2D eigenvalue weighted by atomic mass is 35.5. The summed E-state index contributed by atoms with van der Waals surface area (Å²) in [6.45, 7) is 2.02. The van der Waals surface area contributed by atoms with Gasteiger partial charge in [0.25, 0.3) is 0 Å². The topological polar surface area (TPSA) is 70.1 Å². The Bertz CT molecular complexity index is 2240. The molecule has 0 amide bonds. The number of aryl methyl sites for hydroxylation is 1. The van der Waals surface area contributed by atoms with Crippen LogP contribution in [0.4, 0.5) is 0 Å². The van der Waals surface area contributed by atoms with E-state index in [-0.39, 0.29) is 6.42 Å². The lowest BCUT2D eigenvalue weighted by Gasteiger charge is -2.37. The Morgan fingerprint density at radius 1 is 0.692 bits per heavy atom. The average Bonchev–Trinajstić information content (AvgIpc) is 3.64. The van der Waals surface area contributed by atoms with Crippen molar-refractivity contribution in [3.63, 3.8) is 0 Å². The minimum absolute atomic E-state index is 0.127. The maximum Gasteiger partial charge on any atom is 0.324 e. The quantitative estimate of drug-likeness (QED) is 0.107. The molecule has 7 rings (SSSR count). The van der Waals surface area contributed by atoms with Crippen LogP contribution in [0.1, 0.15) is 44.6 Å². The van der Waals surface area contributed by atoms with E-state index in [1.54, 1.807) is 12.4 Å². The number of nitrogens with zero attached hydrogens (tertiary/aromatic N) is 2. The molecule has 0 bridgehead atoms. The first-order chi connectivity index (χ1) is 25.3. The maximum absolute atomic E-state index is 14.3. The number of hydrogen-bond donors (Lipinski definition) is 1. The molecule has 0 radical (unpaired) electrons. The Balaban J connectivity index is 1.29. The van der Waals surface area contributed by atoms with Crippen molar-refractivity contribution in [2.45, 2.75) is 30.5 Å². The normalized spacial score (nSPS) is 13.2. The zero-order valence-electron chi connectivity index (χ0n) is 28.6. The number of hydrogen-bond acceptors (Lipinski definition) is 4. The molecule has 0 fully saturated rings. The highest BCUT2D eigenvalue weighted by Gasteiger charge is 2.43. The van der Waals surface area contributed by atoms with E-state index >= 15 is 0 Å². The molecule has 0 saturated carbocycles. The summed E-state index contributed by atoms with van der Waals surface area (Å²) in [5.74, 6) is -0.592. The maximum atomic E-state index is 14.3. The van der Waals surface area contributed by atoms with Gasteiger partial charge in [-0.3, -0.25) is 4.79 Å². The Morgan fingerprint density at radius 2 is 1.23 bits per heavy atom. The van der Waals surface area contributed by atoms with Crippen molar-refractivity contribution in [2.75, 3.05) is 0 Å². The van der Waals surface area contributed by atoms with E-state index in [1.165, 1.54) is 0 Å². The number of esters is 1. The predicted molar refractivity (Wildman–Crippen MR) is 209 cm³/mol. The van der Waals surface area contributed by atoms with E-state index in [1.807, 2.05) is 141 Å². The second-order valence-electron chi connectivity index (χ2n) is 12.8. The fraction of sp³-hybridized carbons (Fsp3) is 0.111. The smallest absolute Gasteiger partial charge is 0.324 e. The molecule has 0 saturated heterocycles. The standard InChI is InChI=1S/C45H37Cl2N3O2/c1-32-24-26-36(27-25-32)45(35-18-9-4-10-19-35,40-22-11-12-23-41(40)47)52-43(51)42(48)29-39-30-50(31-49-39)44(33-14-5-2-6-15-33,34-16-7-3-8-17-34)37-20-13-21-38(46)28-37/h2-28,30-31,42H,29,48H2,1H3/t42-,45?/m0/s1. The molecule has 0 aliphatic rings. The van der Waals surface area contributed by atoms with E-state index < -0.39 is 23.2 Å². The van der Waals surface area contributed by atoms with Crippen LogP contribution < -0.4 is 5.73 Å². The molecular formula is C45H37Cl2N3O2. The minimum atomic E-state index is -1.37. The monoisotopic (exact) mass is 721 g/mol. The molecule has 2 atom stereocenters. The van der Waals surface area contributed by atoms with Gasteiger partial charge in [-0.15, -0.1) is 0 Å². The molecule has 7 aromatic rings. The van der Waals surface area contributed by atoms with E-state index in [9.17, 15) is 4.79 Å². The van der Waals surface area contributed by atoms with Crippen LogP contribution in [0.3, 0.4) is 0 Å². The Labute approximate surface area is 314 Å². The lowest BCUT2D eigenvalue weighted by molar-refractivity contribution is -0.155. The van der Waals surface area contributed by atoms with Gasteiger partial charge in [0.2, 0.25) is 0 Å². The average molecular weight is 723 g/mol. The second-order valence-corrected chi connectivity index (χ2v) is 13.7. The third-order valence-electron chi connectivity index (χ3n) is 9.53. The van der Waals surface area contributed by atoms with Crippen LogP contribution in [0, 0.1) is 6.92 Å². The summed E-state index contributed by atoms with van der Waals surface area (Å²) >= 11 is 13.5. The molecule has 2 N–H and O–H groups in total. The van der Waals surface area contributed by atoms with Gasteiger partial charge in [-0.2, -0.15) is 0 Å². The van der Waals surface area contributed by atoms with Crippen molar-refractivity contribution < 1.29 is 9.53 Å². The van der Waals surface area contributed by atoms with Gasteiger partial charge < -0.3 is 15.0 Å². The zero-order chi connectivity index (χ0) is 36.1. The van der Waals surface area contributed by atoms with Crippen LogP contribution >= 0.6 is 23.2 Å². The summed E-state index contributed by atoms with van der Waals surface area (Å²) in [7, 11) is 0. The summed E-state index contributed by atoms with van der Waals surface area (Å²) in [5, 5.41) is 1.08. The van der Waals surface area contributed by atoms with Crippen LogP contribution in [-0.4, -0.2) is 21.6 Å². The first-order valence-electron chi connectivity index (χ1n) is 17.1. The molecule has 52 heavy (non-hydrogen) atoms. The molecule has 0 aliphatic carbocycles. The van der Waals surface area contributed by atoms with Crippen LogP contribution in [0.5, 0.6) is 0 Å². The van der Waals surface area contributed by atoms with Gasteiger partial charge >= 0.3 is 5.97 Å². The summed E-state index contributed by atoms with van der Waals surface area (Å²) in [6.07, 6.45) is 3.87. The third-order valence-corrected chi connectivity index (χ3v) is 10.1. The number of carbonyl (C=O) groups is 1. The van der Waals surface area contributed by atoms with Crippen molar-refractivity contribution >= 4 is 29.2 Å². The minimum Gasteiger partial charge on any atom is -0.443 e. The van der Waals surface area contributed by atoms with E-state index in [0.29, 0.717) is 21.3 Å². The number of rotatable bonds is 11. The third kappa shape index (κ3) is 6.55. The summed E-state index contributed by atoms with van der Waals surface area (Å²) < 4.78 is 8.72. The van der Waals surface area contributed by atoms with Gasteiger partial charge in [-0.25, -0.2) is 4.98 Å². The summed E-state index contributed by atoms with van der Waals surface area (Å²) in [4.78, 5) is 19.1. The summed E-state index contributed by atoms with van der Waals surface area (Å²) in [5.41, 5.74) is 11.4. The molecule has 258 valence electrons. The van der Waals surface area contributed by atoms with E-state index in [0.717, 1.165) is 33.4 Å². The Morgan fingerprint density at radius 3 is 1.83 bits per heavy atom. The molecule has 1 aromatic heterocycles. The van der Waals surface area contributed by atoms with Gasteiger partial charge in [0.05, 0.1) is 12.0 Å². The number of carbonyl (C=O) groups excluding carboxylic acids is 1. The molecule has 5 nitrogen and oxygen atoms in total. The fourth-order valence-electron chi connectivity index (χ4n) is 7.07. The second kappa shape index (κ2) is 15.0. The fourth-order valence-corrected chi connectivity index (χ4v) is 7.52. The molecule has 6 aromatic carbocycles. The van der Waals surface area contributed by atoms with Crippen molar-refractivity contribution in [3.05, 3.63) is 231 Å². The van der Waals surface area contributed by atoms with Crippen molar-refractivity contribution in [1.29, 1.82) is 0 Å². The van der Waals surface area contributed by atoms with Crippen LogP contribution in [0.15, 0.2) is 176 Å². The predicted octanol–water partition coefficient (Wildman–Crippen LogP) is 9.74. The molecule has 7 heteroatoms. The zero-order valence-corrected chi connectivity index (χ0v) is 30.1. The van der Waals surface area contributed by atoms with Crippen molar-refractivity contribution in [3.8, 4) is 0 Å². The Hall–Kier alpha value is -5.46. The van der Waals surface area contributed by atoms with Crippen molar-refractivity contribution in [1.82, 2.24) is 9.55 Å². The van der Waals surface area contributed by atoms with Gasteiger partial charge in [0.1, 0.15) is 11.6 Å². The Kier molecular flexibility index (Phi) is 10.1. The van der Waals surface area contributed by atoms with E-state index in [2.05, 4.69) is 34.9 Å². The van der Waals surface area contributed by atoms with Crippen LogP contribution in [-0.2, 0) is 27.1 Å². The largest absolute Gasteiger partial charge is 0.443 e. The van der Waals surface area contributed by atoms with Crippen LogP contribution in [0.2, 0.25) is 10.0 Å². The molecular weight excluding hydrogens is 685 g/mol. The van der Waals surface area contributed by atoms with Gasteiger partial charge in [-0.05, 0) is 41.8 Å². The summed E-state index contributed by atoms with van der Waals surface area (Å²) in [6, 6.07) is 52.3. The molecule has 1 unspecified atom stereocenters. The first-order valence-corrected chi connectivity index (χ1v) is 17.8. The SMILES string of the molecule is Cc1ccc(C(OC(=O)[C@@H](N)Cc2cn(C(c3ccccc3)(c3ccccc3)c3cccc(Cl)c3)cn2)(c2ccccc2)c2ccccc2Cl)cc1.